The third kappa shape index (κ3) is 3.84. The molecule has 6 nitrogen and oxygen atoms in total. The van der Waals surface area contributed by atoms with E-state index in [1.807, 2.05) is 0 Å². The van der Waals surface area contributed by atoms with Gasteiger partial charge in [0.05, 0.1) is 17.8 Å². The second kappa shape index (κ2) is 6.29. The van der Waals surface area contributed by atoms with Gasteiger partial charge in [0, 0.05) is 12.8 Å². The highest BCUT2D eigenvalue weighted by Crippen LogP contribution is 2.20. The van der Waals surface area contributed by atoms with Crippen molar-refractivity contribution in [1.82, 2.24) is 4.98 Å². The van der Waals surface area contributed by atoms with Crippen LogP contribution in [0.15, 0.2) is 34.7 Å². The lowest BCUT2D eigenvalue weighted by Crippen LogP contribution is -2.13. The first-order valence-corrected chi connectivity index (χ1v) is 7.95. The Morgan fingerprint density at radius 3 is 2.90 bits per heavy atom. The predicted octanol–water partition coefficient (Wildman–Crippen LogP) is 2.20. The van der Waals surface area contributed by atoms with E-state index in [2.05, 4.69) is 10.3 Å². The van der Waals surface area contributed by atoms with Crippen LogP contribution < -0.4 is 5.32 Å². The Morgan fingerprint density at radius 1 is 1.48 bits per heavy atom. The molecule has 1 heterocycles. The molecule has 0 radical (unpaired) electrons. The van der Waals surface area contributed by atoms with Gasteiger partial charge in [-0.25, -0.2) is 4.98 Å². The van der Waals surface area contributed by atoms with Crippen molar-refractivity contribution in [2.45, 2.75) is 11.5 Å². The van der Waals surface area contributed by atoms with Crippen LogP contribution in [0, 0.1) is 0 Å². The van der Waals surface area contributed by atoms with E-state index in [1.54, 1.807) is 0 Å². The van der Waals surface area contributed by atoms with Gasteiger partial charge < -0.3 is 10.1 Å². The van der Waals surface area contributed by atoms with Crippen molar-refractivity contribution in [3.8, 4) is 0 Å². The smallest absolute Gasteiger partial charge is 0.332 e. The van der Waals surface area contributed by atoms with E-state index in [0.717, 1.165) is 23.5 Å². The third-order valence-electron chi connectivity index (χ3n) is 2.50. The maximum atomic E-state index is 12.9. The second-order valence-corrected chi connectivity index (χ2v) is 6.18. The molecule has 1 N–H and O–H groups in total. The van der Waals surface area contributed by atoms with Crippen LogP contribution in [0.3, 0.4) is 0 Å². The summed E-state index contributed by atoms with van der Waals surface area (Å²) in [5, 5.41) is 2.50. The molecule has 1 aromatic heterocycles. The Labute approximate surface area is 124 Å². The first-order chi connectivity index (χ1) is 9.91. The van der Waals surface area contributed by atoms with E-state index in [-0.39, 0.29) is 12.3 Å². The Balaban J connectivity index is 2.22. The molecule has 9 heteroatoms. The molecular formula is C12H11FN2O4S2. The average molecular weight is 330 g/mol. The molecule has 1 amide bonds. The van der Waals surface area contributed by atoms with Gasteiger partial charge in [0.2, 0.25) is 0 Å². The molecule has 0 aliphatic carbocycles. The number of amides is 1. The molecule has 2 rings (SSSR count). The van der Waals surface area contributed by atoms with Gasteiger partial charge in [-0.15, -0.1) is 15.2 Å². The van der Waals surface area contributed by atoms with E-state index in [0.29, 0.717) is 10.6 Å². The molecule has 2 aromatic rings. The number of thiazole rings is 1. The average Bonchev–Trinajstić information content (AvgIpc) is 2.87. The minimum absolute atomic E-state index is 0.176. The van der Waals surface area contributed by atoms with Gasteiger partial charge in [-0.05, 0) is 18.2 Å². The maximum Gasteiger partial charge on any atom is 0.332 e. The summed E-state index contributed by atoms with van der Waals surface area (Å²) in [5.41, 5.74) is 2.16. The topological polar surface area (TPSA) is 85.4 Å². The van der Waals surface area contributed by atoms with Gasteiger partial charge in [0.25, 0.3) is 5.91 Å². The number of methoxy groups -OCH3 is 1. The normalized spacial score (nSPS) is 11.3. The molecule has 0 aliphatic rings. The summed E-state index contributed by atoms with van der Waals surface area (Å²) < 4.78 is 39.5. The van der Waals surface area contributed by atoms with Crippen LogP contribution in [0.4, 0.5) is 9.57 Å². The number of hydrogen-bond acceptors (Lipinski definition) is 6. The van der Waals surface area contributed by atoms with Gasteiger partial charge in [0.15, 0.2) is 0 Å². The highest BCUT2D eigenvalue weighted by molar-refractivity contribution is 7.86. The lowest BCUT2D eigenvalue weighted by molar-refractivity contribution is 0.102. The van der Waals surface area contributed by atoms with Crippen LogP contribution in [0.25, 0.3) is 0 Å². The number of rotatable bonds is 5. The predicted molar refractivity (Wildman–Crippen MR) is 75.5 cm³/mol. The third-order valence-corrected chi connectivity index (χ3v) is 4.19. The number of nitrogens with zero attached hydrogens (tertiary/aromatic N) is 1. The summed E-state index contributed by atoms with van der Waals surface area (Å²) >= 11 is 1.13. The lowest BCUT2D eigenvalue weighted by Gasteiger charge is -2.06. The number of benzene rings is 1. The van der Waals surface area contributed by atoms with Crippen LogP contribution in [0.1, 0.15) is 15.4 Å². The number of halogens is 1. The first-order valence-electron chi connectivity index (χ1n) is 5.69. The van der Waals surface area contributed by atoms with Crippen LogP contribution in [0.5, 0.6) is 0 Å². The van der Waals surface area contributed by atoms with E-state index >= 15 is 0 Å². The van der Waals surface area contributed by atoms with Crippen molar-refractivity contribution in [1.29, 1.82) is 0 Å². The van der Waals surface area contributed by atoms with Gasteiger partial charge >= 0.3 is 10.2 Å². The standard InChI is InChI=1S/C12H11FN2O4S2/c1-19-6-10-11(20-7-14-10)12(16)15-8-3-2-4-9(5-8)21(13,17)18/h2-5,7H,6H2,1H3,(H,15,16). The monoisotopic (exact) mass is 330 g/mol. The Hall–Kier alpha value is -1.84. The fourth-order valence-corrected chi connectivity index (χ4v) is 2.81. The van der Waals surface area contributed by atoms with Gasteiger partial charge in [0.1, 0.15) is 9.77 Å². The Morgan fingerprint density at radius 2 is 2.24 bits per heavy atom. The fraction of sp³-hybridized carbons (Fsp3) is 0.167. The molecule has 0 fully saturated rings. The summed E-state index contributed by atoms with van der Waals surface area (Å²) in [6, 6.07) is 4.95. The zero-order chi connectivity index (χ0) is 15.5. The second-order valence-electron chi connectivity index (χ2n) is 3.98. The minimum Gasteiger partial charge on any atom is -0.378 e. The quantitative estimate of drug-likeness (QED) is 0.850. The number of carbonyl (C=O) groups is 1. The highest BCUT2D eigenvalue weighted by Gasteiger charge is 2.16. The van der Waals surface area contributed by atoms with Crippen molar-refractivity contribution < 1.29 is 21.8 Å². The van der Waals surface area contributed by atoms with Crippen molar-refractivity contribution in [3.05, 3.63) is 40.3 Å². The van der Waals surface area contributed by atoms with Crippen LogP contribution in [-0.4, -0.2) is 26.4 Å². The van der Waals surface area contributed by atoms with Crippen molar-refractivity contribution in [2.24, 2.45) is 0 Å². The number of carbonyl (C=O) groups excluding carboxylic acids is 1. The molecule has 112 valence electrons. The molecular weight excluding hydrogens is 319 g/mol. The zero-order valence-electron chi connectivity index (χ0n) is 10.9. The van der Waals surface area contributed by atoms with Crippen LogP contribution >= 0.6 is 11.3 Å². The summed E-state index contributed by atoms with van der Waals surface area (Å²) in [6.45, 7) is 0.186. The molecule has 0 saturated heterocycles. The SMILES string of the molecule is COCc1ncsc1C(=O)Nc1cccc(S(=O)(=O)F)c1. The molecule has 0 unspecified atom stereocenters. The molecule has 0 bridgehead atoms. The summed E-state index contributed by atoms with van der Waals surface area (Å²) in [5.74, 6) is -0.460. The molecule has 0 atom stereocenters. The Bertz CT molecular complexity index is 758. The first kappa shape index (κ1) is 15.5. The van der Waals surface area contributed by atoms with Gasteiger partial charge in [-0.3, -0.25) is 4.79 Å². The molecule has 0 spiro atoms. The van der Waals surface area contributed by atoms with Gasteiger partial charge in [-0.1, -0.05) is 6.07 Å². The van der Waals surface area contributed by atoms with Crippen molar-refractivity contribution in [2.75, 3.05) is 12.4 Å². The zero-order valence-corrected chi connectivity index (χ0v) is 12.5. The van der Waals surface area contributed by atoms with E-state index in [1.165, 1.54) is 24.8 Å². The molecule has 0 saturated carbocycles. The number of hydrogen-bond donors (Lipinski definition) is 1. The van der Waals surface area contributed by atoms with Crippen LogP contribution in [0.2, 0.25) is 0 Å². The number of nitrogens with one attached hydrogen (secondary N) is 1. The number of anilines is 1. The molecule has 0 aliphatic heterocycles. The fourth-order valence-electron chi connectivity index (χ4n) is 1.61. The lowest BCUT2D eigenvalue weighted by atomic mass is 10.3. The summed E-state index contributed by atoms with van der Waals surface area (Å²) in [6.07, 6.45) is 0. The van der Waals surface area contributed by atoms with E-state index in [4.69, 9.17) is 4.74 Å². The Kier molecular flexibility index (Phi) is 4.66. The summed E-state index contributed by atoms with van der Waals surface area (Å²) in [4.78, 5) is 15.9. The maximum absolute atomic E-state index is 12.9. The largest absolute Gasteiger partial charge is 0.378 e. The van der Waals surface area contributed by atoms with Crippen molar-refractivity contribution in [3.63, 3.8) is 0 Å². The number of aromatic nitrogens is 1. The van der Waals surface area contributed by atoms with Gasteiger partial charge in [-0.2, -0.15) is 8.42 Å². The van der Waals surface area contributed by atoms with E-state index in [9.17, 15) is 17.1 Å². The minimum atomic E-state index is -4.81. The molecule has 21 heavy (non-hydrogen) atoms. The van der Waals surface area contributed by atoms with Crippen molar-refractivity contribution >= 4 is 33.2 Å². The summed E-state index contributed by atoms with van der Waals surface area (Å²) in [7, 11) is -3.33. The highest BCUT2D eigenvalue weighted by atomic mass is 32.3. The van der Waals surface area contributed by atoms with Crippen LogP contribution in [-0.2, 0) is 21.6 Å². The molecule has 1 aromatic carbocycles. The number of ether oxygens (including phenoxy) is 1. The van der Waals surface area contributed by atoms with E-state index < -0.39 is 21.0 Å².